The molecule has 1 saturated heterocycles. The van der Waals surface area contributed by atoms with E-state index in [1.807, 2.05) is 6.08 Å². The molecule has 2 aliphatic rings. The monoisotopic (exact) mass is 221 g/mol. The Balaban J connectivity index is 2.20. The van der Waals surface area contributed by atoms with Gasteiger partial charge in [-0.05, 0) is 19.3 Å². The zero-order valence-electron chi connectivity index (χ0n) is 8.65. The molecule has 0 radical (unpaired) electrons. The summed E-state index contributed by atoms with van der Waals surface area (Å²) in [4.78, 5) is 0.979. The summed E-state index contributed by atoms with van der Waals surface area (Å²) < 4.78 is 5.34. The molecule has 0 bridgehead atoms. The van der Waals surface area contributed by atoms with Crippen molar-refractivity contribution in [2.24, 2.45) is 11.3 Å². The fourth-order valence-electron chi connectivity index (χ4n) is 2.35. The normalized spacial score (nSPS) is 29.3. The summed E-state index contributed by atoms with van der Waals surface area (Å²) in [6.45, 7) is 1.42. The first-order valence-corrected chi connectivity index (χ1v) is 5.78. The van der Waals surface area contributed by atoms with Crippen molar-refractivity contribution in [3.8, 4) is 6.07 Å². The Kier molecular flexibility index (Phi) is 3.18. The minimum atomic E-state index is -0.225. The molecule has 2 nitrogen and oxygen atoms in total. The van der Waals surface area contributed by atoms with E-state index < -0.39 is 0 Å². The van der Waals surface area contributed by atoms with Crippen molar-refractivity contribution in [1.29, 1.82) is 5.26 Å². The minimum absolute atomic E-state index is 0.225. The van der Waals surface area contributed by atoms with E-state index in [1.165, 1.54) is 0 Å². The van der Waals surface area contributed by atoms with Crippen LogP contribution < -0.4 is 0 Å². The first kappa shape index (κ1) is 10.8. The molecule has 15 heavy (non-hydrogen) atoms. The molecule has 1 aliphatic heterocycles. The second-order valence-corrected chi connectivity index (χ2v) is 4.73. The van der Waals surface area contributed by atoms with Crippen LogP contribution in [0.1, 0.15) is 19.3 Å². The number of ether oxygens (including phenoxy) is 1. The van der Waals surface area contributed by atoms with Crippen LogP contribution in [0.2, 0.25) is 0 Å². The van der Waals surface area contributed by atoms with E-state index in [9.17, 15) is 5.26 Å². The molecular formula is C12H15NOS. The third-order valence-electron chi connectivity index (χ3n) is 3.37. The van der Waals surface area contributed by atoms with Gasteiger partial charge in [0.25, 0.3) is 0 Å². The number of thiol groups is 1. The topological polar surface area (TPSA) is 33.0 Å². The Morgan fingerprint density at radius 2 is 2.20 bits per heavy atom. The Hall–Kier alpha value is -0.720. The number of allylic oxidation sites excluding steroid dienone is 3. The van der Waals surface area contributed by atoms with Crippen LogP contribution in [0.25, 0.3) is 0 Å². The lowest BCUT2D eigenvalue weighted by Crippen LogP contribution is -2.35. The van der Waals surface area contributed by atoms with E-state index in [-0.39, 0.29) is 5.41 Å². The van der Waals surface area contributed by atoms with Crippen molar-refractivity contribution in [1.82, 2.24) is 0 Å². The SMILES string of the molecule is N#CC1(C2C=C(S)C=CC2)CCOCC1. The Labute approximate surface area is 96.0 Å². The molecule has 1 aliphatic carbocycles. The molecule has 1 atom stereocenters. The number of hydrogen-bond donors (Lipinski definition) is 1. The van der Waals surface area contributed by atoms with Gasteiger partial charge in [0.2, 0.25) is 0 Å². The Morgan fingerprint density at radius 3 is 2.80 bits per heavy atom. The molecule has 1 heterocycles. The van der Waals surface area contributed by atoms with E-state index in [2.05, 4.69) is 30.9 Å². The summed E-state index contributed by atoms with van der Waals surface area (Å²) in [5.41, 5.74) is -0.225. The summed E-state index contributed by atoms with van der Waals surface area (Å²) in [5.74, 6) is 0.309. The van der Waals surface area contributed by atoms with Crippen molar-refractivity contribution in [3.63, 3.8) is 0 Å². The predicted molar refractivity (Wildman–Crippen MR) is 62.4 cm³/mol. The second kappa shape index (κ2) is 4.42. The van der Waals surface area contributed by atoms with Gasteiger partial charge in [0, 0.05) is 24.0 Å². The minimum Gasteiger partial charge on any atom is -0.381 e. The van der Waals surface area contributed by atoms with Crippen LogP contribution >= 0.6 is 12.6 Å². The standard InChI is InChI=1S/C12H15NOS/c13-9-12(4-6-14-7-5-12)10-2-1-3-11(15)8-10/h1,3,8,10,15H,2,4-7H2. The van der Waals surface area contributed by atoms with Gasteiger partial charge in [-0.3, -0.25) is 0 Å². The molecule has 0 aromatic heterocycles. The zero-order chi connectivity index (χ0) is 10.7. The summed E-state index contributed by atoms with van der Waals surface area (Å²) in [6, 6.07) is 2.52. The van der Waals surface area contributed by atoms with Gasteiger partial charge < -0.3 is 4.74 Å². The van der Waals surface area contributed by atoms with E-state index >= 15 is 0 Å². The van der Waals surface area contributed by atoms with E-state index in [4.69, 9.17) is 4.74 Å². The number of nitriles is 1. The van der Waals surface area contributed by atoms with Gasteiger partial charge in [0.05, 0.1) is 11.5 Å². The third kappa shape index (κ3) is 2.11. The Bertz CT molecular complexity index is 334. The van der Waals surface area contributed by atoms with Crippen molar-refractivity contribution >= 4 is 12.6 Å². The molecule has 80 valence electrons. The summed E-state index contributed by atoms with van der Waals surface area (Å²) >= 11 is 4.35. The van der Waals surface area contributed by atoms with Crippen LogP contribution in [0, 0.1) is 22.7 Å². The maximum atomic E-state index is 9.40. The van der Waals surface area contributed by atoms with Crippen molar-refractivity contribution < 1.29 is 4.74 Å². The largest absolute Gasteiger partial charge is 0.381 e. The smallest absolute Gasteiger partial charge is 0.0697 e. The predicted octanol–water partition coefficient (Wildman–Crippen LogP) is 2.70. The molecule has 2 rings (SSSR count). The lowest BCUT2D eigenvalue weighted by Gasteiger charge is -2.37. The summed E-state index contributed by atoms with van der Waals surface area (Å²) in [7, 11) is 0. The second-order valence-electron chi connectivity index (χ2n) is 4.22. The average Bonchev–Trinajstić information content (AvgIpc) is 2.30. The maximum Gasteiger partial charge on any atom is 0.0697 e. The molecule has 0 spiro atoms. The highest BCUT2D eigenvalue weighted by Gasteiger charge is 2.39. The highest BCUT2D eigenvalue weighted by molar-refractivity contribution is 7.84. The molecular weight excluding hydrogens is 206 g/mol. The fourth-order valence-corrected chi connectivity index (χ4v) is 2.64. The summed E-state index contributed by atoms with van der Waals surface area (Å²) in [5, 5.41) is 9.40. The van der Waals surface area contributed by atoms with Crippen LogP contribution in [0.15, 0.2) is 23.1 Å². The van der Waals surface area contributed by atoms with Gasteiger partial charge in [-0.2, -0.15) is 5.26 Å². The fraction of sp³-hybridized carbons (Fsp3) is 0.583. The lowest BCUT2D eigenvalue weighted by molar-refractivity contribution is 0.0228. The maximum absolute atomic E-state index is 9.40. The molecule has 1 fully saturated rings. The van der Waals surface area contributed by atoms with Gasteiger partial charge >= 0.3 is 0 Å². The number of nitrogens with zero attached hydrogens (tertiary/aromatic N) is 1. The Morgan fingerprint density at radius 1 is 1.47 bits per heavy atom. The van der Waals surface area contributed by atoms with Gasteiger partial charge in [0.15, 0.2) is 0 Å². The summed E-state index contributed by atoms with van der Waals surface area (Å²) in [6.07, 6.45) is 8.89. The van der Waals surface area contributed by atoms with Gasteiger partial charge in [0.1, 0.15) is 0 Å². The highest BCUT2D eigenvalue weighted by Crippen LogP contribution is 2.42. The highest BCUT2D eigenvalue weighted by atomic mass is 32.1. The van der Waals surface area contributed by atoms with E-state index in [1.54, 1.807) is 0 Å². The third-order valence-corrected chi connectivity index (χ3v) is 3.67. The average molecular weight is 221 g/mol. The van der Waals surface area contributed by atoms with Crippen LogP contribution in [0.4, 0.5) is 0 Å². The quantitative estimate of drug-likeness (QED) is 0.691. The molecule has 0 amide bonds. The van der Waals surface area contributed by atoms with E-state index in [0.717, 1.165) is 24.2 Å². The van der Waals surface area contributed by atoms with Crippen LogP contribution in [0.3, 0.4) is 0 Å². The van der Waals surface area contributed by atoms with Crippen LogP contribution in [-0.4, -0.2) is 13.2 Å². The molecule has 0 aromatic rings. The molecule has 1 unspecified atom stereocenters. The molecule has 0 aromatic carbocycles. The van der Waals surface area contributed by atoms with Crippen molar-refractivity contribution in [2.75, 3.05) is 13.2 Å². The van der Waals surface area contributed by atoms with Crippen LogP contribution in [0.5, 0.6) is 0 Å². The first-order chi connectivity index (χ1) is 7.27. The molecule has 0 saturated carbocycles. The molecule has 3 heteroatoms. The lowest BCUT2D eigenvalue weighted by atomic mass is 9.69. The van der Waals surface area contributed by atoms with Crippen molar-refractivity contribution in [3.05, 3.63) is 23.1 Å². The number of rotatable bonds is 1. The van der Waals surface area contributed by atoms with Gasteiger partial charge in [-0.1, -0.05) is 18.2 Å². The number of hydrogen-bond acceptors (Lipinski definition) is 3. The van der Waals surface area contributed by atoms with Gasteiger partial charge in [-0.25, -0.2) is 0 Å². The van der Waals surface area contributed by atoms with Crippen molar-refractivity contribution in [2.45, 2.75) is 19.3 Å². The van der Waals surface area contributed by atoms with E-state index in [0.29, 0.717) is 19.1 Å². The first-order valence-electron chi connectivity index (χ1n) is 5.33. The van der Waals surface area contributed by atoms with Gasteiger partial charge in [-0.15, -0.1) is 12.6 Å². The van der Waals surface area contributed by atoms with Crippen LogP contribution in [-0.2, 0) is 4.74 Å². The molecule has 0 N–H and O–H groups in total. The zero-order valence-corrected chi connectivity index (χ0v) is 9.54.